The number of nitro groups is 1. The normalized spacial score (nSPS) is 11.8. The Kier molecular flexibility index (Phi) is 4.99. The molecule has 0 spiro atoms. The lowest BCUT2D eigenvalue weighted by Crippen LogP contribution is -2.31. The van der Waals surface area contributed by atoms with Crippen LogP contribution in [0.1, 0.15) is 27.8 Å². The van der Waals surface area contributed by atoms with Gasteiger partial charge in [-0.2, -0.15) is 0 Å². The van der Waals surface area contributed by atoms with E-state index < -0.39 is 16.9 Å². The molecule has 0 fully saturated rings. The van der Waals surface area contributed by atoms with Gasteiger partial charge in [0.15, 0.2) is 0 Å². The molecule has 132 valence electrons. The standard InChI is InChI=1S/C18H15ClN4O3/c1-22-10-9-20-17(22)16(12-5-3-2-4-6-12)21-18(24)13-7-8-14(19)15(11-13)23(25)26/h2-11,16H,1H3,(H,21,24). The molecule has 1 N–H and O–H groups in total. The van der Waals surface area contributed by atoms with Gasteiger partial charge in [-0.25, -0.2) is 4.98 Å². The lowest BCUT2D eigenvalue weighted by Gasteiger charge is -2.19. The van der Waals surface area contributed by atoms with Crippen LogP contribution in [0.3, 0.4) is 0 Å². The summed E-state index contributed by atoms with van der Waals surface area (Å²) in [6, 6.07) is 12.8. The Morgan fingerprint density at radius 2 is 2.00 bits per heavy atom. The second-order valence-corrected chi connectivity index (χ2v) is 6.04. The van der Waals surface area contributed by atoms with E-state index in [2.05, 4.69) is 10.3 Å². The predicted molar refractivity (Wildman–Crippen MR) is 97.1 cm³/mol. The van der Waals surface area contributed by atoms with Crippen molar-refractivity contribution in [2.45, 2.75) is 6.04 Å². The van der Waals surface area contributed by atoms with Crippen molar-refractivity contribution < 1.29 is 9.72 Å². The summed E-state index contributed by atoms with van der Waals surface area (Å²) >= 11 is 5.81. The third kappa shape index (κ3) is 3.57. The van der Waals surface area contributed by atoms with Crippen LogP contribution < -0.4 is 5.32 Å². The van der Waals surface area contributed by atoms with Crippen molar-refractivity contribution in [1.82, 2.24) is 14.9 Å². The number of amides is 1. The van der Waals surface area contributed by atoms with Crippen LogP contribution in [0.2, 0.25) is 5.02 Å². The van der Waals surface area contributed by atoms with Crippen LogP contribution in [0.15, 0.2) is 60.9 Å². The molecule has 1 unspecified atom stereocenters. The number of hydrogen-bond acceptors (Lipinski definition) is 4. The van der Waals surface area contributed by atoms with Gasteiger partial charge in [-0.05, 0) is 17.7 Å². The quantitative estimate of drug-likeness (QED) is 0.549. The fourth-order valence-corrected chi connectivity index (χ4v) is 2.79. The number of halogens is 1. The van der Waals surface area contributed by atoms with Crippen molar-refractivity contribution in [3.05, 3.63) is 93.0 Å². The number of aromatic nitrogens is 2. The molecule has 3 rings (SSSR count). The van der Waals surface area contributed by atoms with E-state index in [4.69, 9.17) is 11.6 Å². The van der Waals surface area contributed by atoms with Gasteiger partial charge >= 0.3 is 0 Å². The summed E-state index contributed by atoms with van der Waals surface area (Å²) in [5.74, 6) is 0.189. The molecule has 8 heteroatoms. The molecule has 2 aromatic carbocycles. The van der Waals surface area contributed by atoms with Gasteiger partial charge in [0.25, 0.3) is 11.6 Å². The van der Waals surface area contributed by atoms with E-state index >= 15 is 0 Å². The molecule has 1 aromatic heterocycles. The first-order valence-corrected chi connectivity index (χ1v) is 8.12. The Balaban J connectivity index is 1.95. The zero-order valence-electron chi connectivity index (χ0n) is 13.8. The molecule has 0 aliphatic rings. The van der Waals surface area contributed by atoms with Gasteiger partial charge in [-0.1, -0.05) is 41.9 Å². The first kappa shape index (κ1) is 17.6. The molecule has 0 saturated heterocycles. The number of imidazole rings is 1. The highest BCUT2D eigenvalue weighted by molar-refractivity contribution is 6.32. The van der Waals surface area contributed by atoms with Gasteiger partial charge < -0.3 is 9.88 Å². The maximum atomic E-state index is 12.7. The Hall–Kier alpha value is -3.19. The van der Waals surface area contributed by atoms with E-state index in [0.29, 0.717) is 5.82 Å². The predicted octanol–water partition coefficient (Wildman–Crippen LogP) is 3.50. The first-order valence-electron chi connectivity index (χ1n) is 7.74. The van der Waals surface area contributed by atoms with Crippen molar-refractivity contribution in [3.63, 3.8) is 0 Å². The second-order valence-electron chi connectivity index (χ2n) is 5.64. The molecule has 0 bridgehead atoms. The van der Waals surface area contributed by atoms with E-state index in [1.807, 2.05) is 41.9 Å². The Morgan fingerprint density at radius 1 is 1.27 bits per heavy atom. The fourth-order valence-electron chi connectivity index (χ4n) is 2.61. The average molecular weight is 371 g/mol. The third-order valence-electron chi connectivity index (χ3n) is 3.93. The van der Waals surface area contributed by atoms with Crippen molar-refractivity contribution in [1.29, 1.82) is 0 Å². The summed E-state index contributed by atoms with van der Waals surface area (Å²) in [6.07, 6.45) is 3.43. The summed E-state index contributed by atoms with van der Waals surface area (Å²) in [4.78, 5) is 27.5. The summed E-state index contributed by atoms with van der Waals surface area (Å²) in [5.41, 5.74) is 0.683. The van der Waals surface area contributed by atoms with E-state index in [9.17, 15) is 14.9 Å². The minimum Gasteiger partial charge on any atom is -0.338 e. The van der Waals surface area contributed by atoms with Crippen molar-refractivity contribution >= 4 is 23.2 Å². The minimum atomic E-state index is -0.619. The lowest BCUT2D eigenvalue weighted by molar-refractivity contribution is -0.384. The van der Waals surface area contributed by atoms with Crippen molar-refractivity contribution in [2.75, 3.05) is 0 Å². The van der Waals surface area contributed by atoms with Gasteiger partial charge in [0.2, 0.25) is 0 Å². The highest BCUT2D eigenvalue weighted by Crippen LogP contribution is 2.26. The zero-order chi connectivity index (χ0) is 18.7. The number of nitrogens with zero attached hydrogens (tertiary/aromatic N) is 3. The SMILES string of the molecule is Cn1ccnc1C(NC(=O)c1ccc(Cl)c([N+](=O)[O-])c1)c1ccccc1. The highest BCUT2D eigenvalue weighted by atomic mass is 35.5. The molecule has 0 aliphatic carbocycles. The largest absolute Gasteiger partial charge is 0.338 e. The molecule has 7 nitrogen and oxygen atoms in total. The van der Waals surface area contributed by atoms with Crippen LogP contribution in [0.25, 0.3) is 0 Å². The zero-order valence-corrected chi connectivity index (χ0v) is 14.6. The van der Waals surface area contributed by atoms with Gasteiger partial charge in [0.05, 0.1) is 4.92 Å². The Bertz CT molecular complexity index is 956. The van der Waals surface area contributed by atoms with E-state index in [0.717, 1.165) is 11.6 Å². The number of aryl methyl sites for hydroxylation is 1. The molecule has 0 saturated carbocycles. The number of nitrogens with one attached hydrogen (secondary N) is 1. The molecule has 26 heavy (non-hydrogen) atoms. The third-order valence-corrected chi connectivity index (χ3v) is 4.25. The maximum Gasteiger partial charge on any atom is 0.288 e. The molecule has 0 aliphatic heterocycles. The van der Waals surface area contributed by atoms with Crippen LogP contribution in [-0.4, -0.2) is 20.4 Å². The molecule has 1 heterocycles. The number of carbonyl (C=O) groups excluding carboxylic acids is 1. The van der Waals surface area contributed by atoms with Crippen LogP contribution in [0.5, 0.6) is 0 Å². The molecule has 3 aromatic rings. The highest BCUT2D eigenvalue weighted by Gasteiger charge is 2.23. The Labute approximate surface area is 154 Å². The number of nitro benzene ring substituents is 1. The maximum absolute atomic E-state index is 12.7. The van der Waals surface area contributed by atoms with Crippen LogP contribution in [0.4, 0.5) is 5.69 Å². The van der Waals surface area contributed by atoms with Gasteiger partial charge in [-0.15, -0.1) is 0 Å². The molecular weight excluding hydrogens is 356 g/mol. The van der Waals surface area contributed by atoms with E-state index in [1.54, 1.807) is 12.4 Å². The Morgan fingerprint density at radius 3 is 2.62 bits per heavy atom. The molecular formula is C18H15ClN4O3. The lowest BCUT2D eigenvalue weighted by atomic mass is 10.1. The average Bonchev–Trinajstić information content (AvgIpc) is 3.06. The number of rotatable bonds is 5. The van der Waals surface area contributed by atoms with Crippen LogP contribution in [-0.2, 0) is 7.05 Å². The van der Waals surface area contributed by atoms with Crippen molar-refractivity contribution in [3.8, 4) is 0 Å². The number of carbonyl (C=O) groups is 1. The monoisotopic (exact) mass is 370 g/mol. The fraction of sp³-hybridized carbons (Fsp3) is 0.111. The smallest absolute Gasteiger partial charge is 0.288 e. The number of benzene rings is 2. The van der Waals surface area contributed by atoms with E-state index in [1.165, 1.54) is 12.1 Å². The molecule has 1 amide bonds. The second kappa shape index (κ2) is 7.37. The van der Waals surface area contributed by atoms with Crippen LogP contribution >= 0.6 is 11.6 Å². The summed E-state index contributed by atoms with van der Waals surface area (Å²) in [7, 11) is 1.83. The van der Waals surface area contributed by atoms with E-state index in [-0.39, 0.29) is 16.3 Å². The van der Waals surface area contributed by atoms with Gasteiger partial charge in [-0.3, -0.25) is 14.9 Å². The summed E-state index contributed by atoms with van der Waals surface area (Å²) in [6.45, 7) is 0. The molecule has 0 radical (unpaired) electrons. The molecule has 1 atom stereocenters. The van der Waals surface area contributed by atoms with Crippen molar-refractivity contribution in [2.24, 2.45) is 7.05 Å². The summed E-state index contributed by atoms with van der Waals surface area (Å²) in [5, 5.41) is 13.9. The number of hydrogen-bond donors (Lipinski definition) is 1. The first-order chi connectivity index (χ1) is 12.5. The van der Waals surface area contributed by atoms with Gasteiger partial charge in [0.1, 0.15) is 16.9 Å². The topological polar surface area (TPSA) is 90.1 Å². The minimum absolute atomic E-state index is 0.0183. The van der Waals surface area contributed by atoms with Crippen LogP contribution in [0, 0.1) is 10.1 Å². The summed E-state index contributed by atoms with van der Waals surface area (Å²) < 4.78 is 1.81. The van der Waals surface area contributed by atoms with Gasteiger partial charge in [0, 0.05) is 31.1 Å².